The van der Waals surface area contributed by atoms with Gasteiger partial charge in [-0.05, 0) is 43.4 Å². The molecule has 0 radical (unpaired) electrons. The van der Waals surface area contributed by atoms with Crippen molar-refractivity contribution in [1.29, 1.82) is 5.26 Å². The summed E-state index contributed by atoms with van der Waals surface area (Å²) in [6.07, 6.45) is 0.0146. The van der Waals surface area contributed by atoms with Gasteiger partial charge in [0.2, 0.25) is 0 Å². The fraction of sp³-hybridized carbons (Fsp3) is 0.300. The molecule has 1 aliphatic heterocycles. The van der Waals surface area contributed by atoms with Crippen LogP contribution >= 0.6 is 12.2 Å². The van der Waals surface area contributed by atoms with Crippen molar-refractivity contribution < 1.29 is 4.74 Å². The minimum absolute atomic E-state index is 0.0146. The van der Waals surface area contributed by atoms with Crippen molar-refractivity contribution in [3.05, 3.63) is 54.1 Å². The summed E-state index contributed by atoms with van der Waals surface area (Å²) in [5.41, 5.74) is 2.43. The molecule has 1 N–H and O–H groups in total. The van der Waals surface area contributed by atoms with Crippen molar-refractivity contribution in [2.24, 2.45) is 0 Å². The van der Waals surface area contributed by atoms with E-state index in [1.54, 1.807) is 6.07 Å². The number of anilines is 2. The summed E-state index contributed by atoms with van der Waals surface area (Å²) < 4.78 is 6.16. The Morgan fingerprint density at radius 2 is 2.04 bits per heavy atom. The van der Waals surface area contributed by atoms with Crippen LogP contribution in [0.1, 0.15) is 12.5 Å². The van der Waals surface area contributed by atoms with Crippen LogP contribution in [0, 0.1) is 11.3 Å². The first-order valence-electron chi connectivity index (χ1n) is 8.64. The number of nitriles is 1. The van der Waals surface area contributed by atoms with E-state index in [2.05, 4.69) is 29.3 Å². The molecule has 1 atom stereocenters. The first-order valence-corrected chi connectivity index (χ1v) is 9.05. The molecule has 0 bridgehead atoms. The van der Waals surface area contributed by atoms with E-state index in [0.717, 1.165) is 30.2 Å². The molecular weight excluding hydrogens is 344 g/mol. The number of ether oxygens (including phenoxy) is 1. The first-order chi connectivity index (χ1) is 12.6. The Labute approximate surface area is 159 Å². The van der Waals surface area contributed by atoms with Gasteiger partial charge < -0.3 is 19.9 Å². The second kappa shape index (κ2) is 8.07. The lowest BCUT2D eigenvalue weighted by Gasteiger charge is -2.37. The zero-order valence-corrected chi connectivity index (χ0v) is 15.8. The summed E-state index contributed by atoms with van der Waals surface area (Å²) in [6.45, 7) is 4.55. The van der Waals surface area contributed by atoms with Crippen LogP contribution in [0.4, 0.5) is 11.4 Å². The smallest absolute Gasteiger partial charge is 0.173 e. The largest absolute Gasteiger partial charge is 0.485 e. The van der Waals surface area contributed by atoms with Crippen molar-refractivity contribution in [3.8, 4) is 11.8 Å². The fourth-order valence-corrected chi connectivity index (χ4v) is 3.25. The molecule has 0 aliphatic carbocycles. The number of thiocarbonyl (C=S) groups is 1. The molecule has 0 aromatic heterocycles. The van der Waals surface area contributed by atoms with Gasteiger partial charge >= 0.3 is 0 Å². The van der Waals surface area contributed by atoms with Gasteiger partial charge in [-0.3, -0.25) is 0 Å². The molecular formula is C20H22N4OS. The van der Waals surface area contributed by atoms with E-state index >= 15 is 0 Å². The predicted octanol–water partition coefficient (Wildman–Crippen LogP) is 3.47. The summed E-state index contributed by atoms with van der Waals surface area (Å²) in [4.78, 5) is 4.27. The van der Waals surface area contributed by atoms with Gasteiger partial charge in [0.15, 0.2) is 5.11 Å². The molecule has 0 fully saturated rings. The summed E-state index contributed by atoms with van der Waals surface area (Å²) in [5, 5.41) is 12.9. The molecule has 1 unspecified atom stereocenters. The number of benzene rings is 2. The van der Waals surface area contributed by atoms with E-state index in [1.165, 1.54) is 0 Å². The van der Waals surface area contributed by atoms with Gasteiger partial charge in [0.05, 0.1) is 30.0 Å². The molecule has 2 aromatic rings. The lowest BCUT2D eigenvalue weighted by Crippen LogP contribution is -2.47. The number of para-hydroxylation sites is 3. The Bertz CT molecular complexity index is 833. The van der Waals surface area contributed by atoms with Crippen LogP contribution in [0.2, 0.25) is 0 Å². The second-order valence-electron chi connectivity index (χ2n) is 6.21. The molecule has 134 valence electrons. The topological polar surface area (TPSA) is 51.5 Å². The van der Waals surface area contributed by atoms with Gasteiger partial charge in [0.25, 0.3) is 0 Å². The third kappa shape index (κ3) is 3.89. The van der Waals surface area contributed by atoms with Gasteiger partial charge in [-0.25, -0.2) is 0 Å². The number of nitrogens with zero attached hydrogens (tertiary/aromatic N) is 3. The maximum absolute atomic E-state index is 9.21. The molecule has 1 heterocycles. The highest BCUT2D eigenvalue weighted by molar-refractivity contribution is 7.80. The Hall–Kier alpha value is -2.78. The summed E-state index contributed by atoms with van der Waals surface area (Å²) in [7, 11) is 1.93. The Kier molecular flexibility index (Phi) is 5.59. The maximum Gasteiger partial charge on any atom is 0.173 e. The zero-order chi connectivity index (χ0) is 18.5. The summed E-state index contributed by atoms with van der Waals surface area (Å²) >= 11 is 5.51. The minimum Gasteiger partial charge on any atom is -0.485 e. The van der Waals surface area contributed by atoms with Crippen LogP contribution in [-0.2, 0) is 0 Å². The maximum atomic E-state index is 9.21. The number of hydrogen-bond donors (Lipinski definition) is 1. The standard InChI is InChI=1S/C20H22N4OS/c1-3-24-14-16(25-19-11-7-6-10-18(19)24)13-23(2)20(26)22-17-9-5-4-8-15(17)12-21/h4-11,16H,3,13-14H2,1-2H3,(H,22,26). The van der Waals surface area contributed by atoms with E-state index in [-0.39, 0.29) is 6.10 Å². The first kappa shape index (κ1) is 18.0. The van der Waals surface area contributed by atoms with Crippen molar-refractivity contribution in [2.45, 2.75) is 13.0 Å². The highest BCUT2D eigenvalue weighted by atomic mass is 32.1. The molecule has 0 saturated carbocycles. The number of rotatable bonds is 4. The fourth-order valence-electron chi connectivity index (χ4n) is 3.06. The zero-order valence-electron chi connectivity index (χ0n) is 15.0. The van der Waals surface area contributed by atoms with Crippen molar-refractivity contribution in [1.82, 2.24) is 4.90 Å². The van der Waals surface area contributed by atoms with Crippen LogP contribution in [0.5, 0.6) is 5.75 Å². The molecule has 1 aliphatic rings. The monoisotopic (exact) mass is 366 g/mol. The lowest BCUT2D eigenvalue weighted by atomic mass is 10.2. The summed E-state index contributed by atoms with van der Waals surface area (Å²) in [5.74, 6) is 0.910. The summed E-state index contributed by atoms with van der Waals surface area (Å²) in [6, 6.07) is 17.6. The average molecular weight is 366 g/mol. The number of fused-ring (bicyclic) bond motifs is 1. The van der Waals surface area contributed by atoms with Crippen LogP contribution in [-0.4, -0.2) is 42.8 Å². The molecule has 2 aromatic carbocycles. The van der Waals surface area contributed by atoms with E-state index < -0.39 is 0 Å². The van der Waals surface area contributed by atoms with Gasteiger partial charge in [-0.15, -0.1) is 0 Å². The SMILES string of the molecule is CCN1CC(CN(C)C(=S)Nc2ccccc2C#N)Oc2ccccc21. The highest BCUT2D eigenvalue weighted by Gasteiger charge is 2.26. The third-order valence-corrected chi connectivity index (χ3v) is 4.83. The van der Waals surface area contributed by atoms with E-state index in [4.69, 9.17) is 17.0 Å². The van der Waals surface area contributed by atoms with E-state index in [1.807, 2.05) is 48.3 Å². The molecule has 5 nitrogen and oxygen atoms in total. The van der Waals surface area contributed by atoms with Crippen LogP contribution in [0.25, 0.3) is 0 Å². The van der Waals surface area contributed by atoms with Gasteiger partial charge in [0, 0.05) is 13.6 Å². The molecule has 6 heteroatoms. The third-order valence-electron chi connectivity index (χ3n) is 4.42. The molecule has 0 spiro atoms. The van der Waals surface area contributed by atoms with Crippen molar-refractivity contribution >= 4 is 28.7 Å². The molecule has 3 rings (SSSR count). The number of hydrogen-bond acceptors (Lipinski definition) is 4. The van der Waals surface area contributed by atoms with Crippen molar-refractivity contribution in [3.63, 3.8) is 0 Å². The number of nitrogens with one attached hydrogen (secondary N) is 1. The Balaban J connectivity index is 1.65. The van der Waals surface area contributed by atoms with Crippen LogP contribution in [0.3, 0.4) is 0 Å². The van der Waals surface area contributed by atoms with Crippen LogP contribution < -0.4 is 15.0 Å². The van der Waals surface area contributed by atoms with Crippen LogP contribution in [0.15, 0.2) is 48.5 Å². The Morgan fingerprint density at radius 1 is 1.31 bits per heavy atom. The normalized spacial score (nSPS) is 15.4. The van der Waals surface area contributed by atoms with Gasteiger partial charge in [-0.1, -0.05) is 24.3 Å². The molecule has 26 heavy (non-hydrogen) atoms. The van der Waals surface area contributed by atoms with Crippen molar-refractivity contribution in [2.75, 3.05) is 36.9 Å². The molecule has 0 amide bonds. The Morgan fingerprint density at radius 3 is 2.81 bits per heavy atom. The molecule has 0 saturated heterocycles. The van der Waals surface area contributed by atoms with Gasteiger partial charge in [0.1, 0.15) is 17.9 Å². The second-order valence-corrected chi connectivity index (χ2v) is 6.60. The van der Waals surface area contributed by atoms with E-state index in [0.29, 0.717) is 17.2 Å². The average Bonchev–Trinajstić information content (AvgIpc) is 2.67. The lowest BCUT2D eigenvalue weighted by molar-refractivity contribution is 0.169. The highest BCUT2D eigenvalue weighted by Crippen LogP contribution is 2.32. The quantitative estimate of drug-likeness (QED) is 0.836. The number of likely N-dealkylation sites (N-methyl/N-ethyl adjacent to an activating group) is 2. The van der Waals surface area contributed by atoms with E-state index in [9.17, 15) is 5.26 Å². The van der Waals surface area contributed by atoms with Gasteiger partial charge in [-0.2, -0.15) is 5.26 Å². The predicted molar refractivity (Wildman–Crippen MR) is 109 cm³/mol. The minimum atomic E-state index is 0.0146.